The number of likely N-dealkylation sites (N-methyl/N-ethyl adjacent to an activating group) is 1. The van der Waals surface area contributed by atoms with Crippen molar-refractivity contribution >= 4 is 11.6 Å². The first-order chi connectivity index (χ1) is 9.27. The van der Waals surface area contributed by atoms with Crippen molar-refractivity contribution in [3.05, 3.63) is 34.9 Å². The average Bonchev–Trinajstić information content (AvgIpc) is 2.41. The number of rotatable bonds is 10. The van der Waals surface area contributed by atoms with Crippen LogP contribution in [0.3, 0.4) is 0 Å². The number of hydrogen-bond donors (Lipinski definition) is 1. The maximum absolute atomic E-state index is 6.01. The molecule has 1 rings (SSSR count). The number of ether oxygens (including phenoxy) is 2. The van der Waals surface area contributed by atoms with Crippen molar-refractivity contribution in [2.75, 3.05) is 33.4 Å². The van der Waals surface area contributed by atoms with Gasteiger partial charge in [0.25, 0.3) is 0 Å². The molecule has 4 heteroatoms. The van der Waals surface area contributed by atoms with E-state index in [4.69, 9.17) is 21.1 Å². The van der Waals surface area contributed by atoms with Crippen molar-refractivity contribution in [2.45, 2.75) is 25.9 Å². The number of halogens is 1. The summed E-state index contributed by atoms with van der Waals surface area (Å²) < 4.78 is 11.3. The molecule has 108 valence electrons. The number of unbranched alkanes of at least 4 members (excludes halogenated alkanes) is 1. The monoisotopic (exact) mass is 285 g/mol. The SMILES string of the molecule is CCCCOCCOC(CNC)c1cccc(Cl)c1. The second-order valence-electron chi connectivity index (χ2n) is 4.44. The summed E-state index contributed by atoms with van der Waals surface area (Å²) in [6.45, 7) is 4.97. The molecule has 0 aliphatic heterocycles. The first-order valence-corrected chi connectivity index (χ1v) is 7.25. The Balaban J connectivity index is 2.36. The van der Waals surface area contributed by atoms with Crippen molar-refractivity contribution in [3.8, 4) is 0 Å². The third-order valence-corrected chi connectivity index (χ3v) is 3.03. The number of nitrogens with one attached hydrogen (secondary N) is 1. The van der Waals surface area contributed by atoms with Gasteiger partial charge in [0.15, 0.2) is 0 Å². The Kier molecular flexibility index (Phi) is 8.84. The lowest BCUT2D eigenvalue weighted by Gasteiger charge is -2.18. The molecule has 0 heterocycles. The minimum atomic E-state index is 0.0125. The van der Waals surface area contributed by atoms with Gasteiger partial charge in [0.2, 0.25) is 0 Å². The highest BCUT2D eigenvalue weighted by atomic mass is 35.5. The fourth-order valence-corrected chi connectivity index (χ4v) is 1.96. The Bertz CT molecular complexity index is 347. The molecule has 0 fully saturated rings. The lowest BCUT2D eigenvalue weighted by molar-refractivity contribution is 0.00430. The van der Waals surface area contributed by atoms with Crippen LogP contribution in [-0.2, 0) is 9.47 Å². The van der Waals surface area contributed by atoms with Crippen LogP contribution in [-0.4, -0.2) is 33.4 Å². The van der Waals surface area contributed by atoms with E-state index in [2.05, 4.69) is 12.2 Å². The van der Waals surface area contributed by atoms with E-state index in [1.165, 1.54) is 0 Å². The van der Waals surface area contributed by atoms with E-state index in [-0.39, 0.29) is 6.10 Å². The molecular weight excluding hydrogens is 262 g/mol. The Labute approximate surface area is 121 Å². The predicted octanol–water partition coefficient (Wildman–Crippen LogP) is 3.43. The van der Waals surface area contributed by atoms with Gasteiger partial charge in [-0.25, -0.2) is 0 Å². The molecule has 1 atom stereocenters. The molecule has 1 unspecified atom stereocenters. The van der Waals surface area contributed by atoms with Gasteiger partial charge < -0.3 is 14.8 Å². The molecule has 1 N–H and O–H groups in total. The van der Waals surface area contributed by atoms with Crippen LogP contribution in [0.5, 0.6) is 0 Å². The summed E-state index contributed by atoms with van der Waals surface area (Å²) in [4.78, 5) is 0. The van der Waals surface area contributed by atoms with Crippen LogP contribution in [0.4, 0.5) is 0 Å². The standard InChI is InChI=1S/C15H24ClNO2/c1-3-4-8-18-9-10-19-15(12-17-2)13-6-5-7-14(16)11-13/h5-7,11,15,17H,3-4,8-10,12H2,1-2H3. The van der Waals surface area contributed by atoms with Crippen molar-refractivity contribution < 1.29 is 9.47 Å². The Morgan fingerprint density at radius 2 is 2.11 bits per heavy atom. The summed E-state index contributed by atoms with van der Waals surface area (Å²) >= 11 is 6.01. The van der Waals surface area contributed by atoms with Crippen molar-refractivity contribution in [1.82, 2.24) is 5.32 Å². The normalized spacial score (nSPS) is 12.6. The van der Waals surface area contributed by atoms with Crippen LogP contribution in [0.2, 0.25) is 5.02 Å². The zero-order valence-corrected chi connectivity index (χ0v) is 12.6. The summed E-state index contributed by atoms with van der Waals surface area (Å²) in [5, 5.41) is 3.88. The van der Waals surface area contributed by atoms with E-state index >= 15 is 0 Å². The fraction of sp³-hybridized carbons (Fsp3) is 0.600. The molecular formula is C15H24ClNO2. The quantitative estimate of drug-likeness (QED) is 0.668. The fourth-order valence-electron chi connectivity index (χ4n) is 1.76. The minimum absolute atomic E-state index is 0.0125. The van der Waals surface area contributed by atoms with E-state index < -0.39 is 0 Å². The van der Waals surface area contributed by atoms with Crippen LogP contribution in [0.25, 0.3) is 0 Å². The molecule has 0 spiro atoms. The molecule has 0 saturated heterocycles. The number of benzene rings is 1. The van der Waals surface area contributed by atoms with E-state index in [0.29, 0.717) is 13.2 Å². The summed E-state index contributed by atoms with van der Waals surface area (Å²) in [6.07, 6.45) is 2.28. The van der Waals surface area contributed by atoms with Gasteiger partial charge in [0.1, 0.15) is 0 Å². The van der Waals surface area contributed by atoms with Crippen molar-refractivity contribution in [1.29, 1.82) is 0 Å². The van der Waals surface area contributed by atoms with E-state index in [9.17, 15) is 0 Å². The van der Waals surface area contributed by atoms with E-state index in [1.807, 2.05) is 31.3 Å². The topological polar surface area (TPSA) is 30.5 Å². The Hall–Kier alpha value is -0.610. The van der Waals surface area contributed by atoms with Crippen LogP contribution >= 0.6 is 11.6 Å². The molecule has 0 bridgehead atoms. The van der Waals surface area contributed by atoms with E-state index in [1.54, 1.807) is 0 Å². The number of hydrogen-bond acceptors (Lipinski definition) is 3. The molecule has 0 aromatic heterocycles. The second-order valence-corrected chi connectivity index (χ2v) is 4.87. The van der Waals surface area contributed by atoms with Crippen LogP contribution < -0.4 is 5.32 Å². The smallest absolute Gasteiger partial charge is 0.0950 e. The second kappa shape index (κ2) is 10.2. The molecule has 0 aliphatic carbocycles. The molecule has 0 saturated carbocycles. The van der Waals surface area contributed by atoms with Crippen LogP contribution in [0, 0.1) is 0 Å². The summed E-state index contributed by atoms with van der Waals surface area (Å²) in [6, 6.07) is 7.80. The third-order valence-electron chi connectivity index (χ3n) is 2.80. The highest BCUT2D eigenvalue weighted by Crippen LogP contribution is 2.20. The minimum Gasteiger partial charge on any atom is -0.379 e. The van der Waals surface area contributed by atoms with Crippen molar-refractivity contribution in [2.24, 2.45) is 0 Å². The lowest BCUT2D eigenvalue weighted by Crippen LogP contribution is -2.21. The molecule has 1 aromatic rings. The molecule has 1 aromatic carbocycles. The molecule has 19 heavy (non-hydrogen) atoms. The van der Waals surface area contributed by atoms with Gasteiger partial charge >= 0.3 is 0 Å². The molecule has 0 aliphatic rings. The highest BCUT2D eigenvalue weighted by Gasteiger charge is 2.11. The van der Waals surface area contributed by atoms with Crippen molar-refractivity contribution in [3.63, 3.8) is 0 Å². The van der Waals surface area contributed by atoms with Gasteiger partial charge in [0.05, 0.1) is 19.3 Å². The zero-order valence-electron chi connectivity index (χ0n) is 11.8. The lowest BCUT2D eigenvalue weighted by atomic mass is 10.1. The third kappa shape index (κ3) is 6.92. The van der Waals surface area contributed by atoms with Gasteiger partial charge in [-0.05, 0) is 31.2 Å². The van der Waals surface area contributed by atoms with E-state index in [0.717, 1.165) is 36.6 Å². The largest absolute Gasteiger partial charge is 0.379 e. The summed E-state index contributed by atoms with van der Waals surface area (Å²) in [5.74, 6) is 0. The zero-order chi connectivity index (χ0) is 13.9. The molecule has 0 amide bonds. The van der Waals surface area contributed by atoms with Gasteiger partial charge in [-0.2, -0.15) is 0 Å². The first-order valence-electron chi connectivity index (χ1n) is 6.87. The van der Waals surface area contributed by atoms with Gasteiger partial charge in [-0.3, -0.25) is 0 Å². The van der Waals surface area contributed by atoms with Crippen LogP contribution in [0.15, 0.2) is 24.3 Å². The average molecular weight is 286 g/mol. The van der Waals surface area contributed by atoms with Crippen LogP contribution in [0.1, 0.15) is 31.4 Å². The molecule has 0 radical (unpaired) electrons. The predicted molar refractivity (Wildman–Crippen MR) is 79.8 cm³/mol. The summed E-state index contributed by atoms with van der Waals surface area (Å²) in [7, 11) is 1.92. The Morgan fingerprint density at radius 1 is 1.26 bits per heavy atom. The molecule has 3 nitrogen and oxygen atoms in total. The van der Waals surface area contributed by atoms with Gasteiger partial charge in [0, 0.05) is 18.2 Å². The highest BCUT2D eigenvalue weighted by molar-refractivity contribution is 6.30. The first kappa shape index (κ1) is 16.4. The maximum atomic E-state index is 6.01. The maximum Gasteiger partial charge on any atom is 0.0950 e. The van der Waals surface area contributed by atoms with Gasteiger partial charge in [-0.1, -0.05) is 37.1 Å². The Morgan fingerprint density at radius 3 is 2.79 bits per heavy atom. The summed E-state index contributed by atoms with van der Waals surface area (Å²) in [5.41, 5.74) is 1.09. The van der Waals surface area contributed by atoms with Gasteiger partial charge in [-0.15, -0.1) is 0 Å².